The Balaban J connectivity index is 4.23. The summed E-state index contributed by atoms with van der Waals surface area (Å²) in [6.07, 6.45) is 2.11. The molecule has 4 heteroatoms. The number of nitrogens with zero attached hydrogens (tertiary/aromatic N) is 2. The molecular weight excluding hydrogens is 211 g/mol. The van der Waals surface area contributed by atoms with Gasteiger partial charge in [-0.1, -0.05) is 0 Å². The number of hydrogen-bond acceptors (Lipinski definition) is 3. The summed E-state index contributed by atoms with van der Waals surface area (Å²) in [5.74, 6) is 0. The molecule has 0 N–H and O–H groups in total. The minimum absolute atomic E-state index is 0.0625. The molecule has 0 spiro atoms. The zero-order chi connectivity index (χ0) is 8.36. The third kappa shape index (κ3) is 2.14. The van der Waals surface area contributed by atoms with Crippen LogP contribution in [-0.4, -0.2) is 64.2 Å². The van der Waals surface area contributed by atoms with E-state index in [0.717, 1.165) is 0 Å². The summed E-state index contributed by atoms with van der Waals surface area (Å²) >= 11 is 4.49. The van der Waals surface area contributed by atoms with Crippen molar-refractivity contribution in [1.82, 2.24) is 9.80 Å². The van der Waals surface area contributed by atoms with Crippen molar-refractivity contribution in [2.45, 2.75) is 3.89 Å². The molecule has 0 rings (SSSR count). The van der Waals surface area contributed by atoms with Crippen LogP contribution in [0, 0.1) is 0 Å². The monoisotopic (exact) mass is 228 g/mol. The fourth-order valence-electron chi connectivity index (χ4n) is 0.765. The molecule has 2 nitrogen and oxygen atoms in total. The third-order valence-electron chi connectivity index (χ3n) is 1.44. The Labute approximate surface area is 76.1 Å². The van der Waals surface area contributed by atoms with Crippen molar-refractivity contribution >= 4 is 27.8 Å². The molecule has 0 amide bonds. The molecule has 0 aromatic carbocycles. The molecule has 10 heavy (non-hydrogen) atoms. The van der Waals surface area contributed by atoms with Gasteiger partial charge in [-0.2, -0.15) is 0 Å². The summed E-state index contributed by atoms with van der Waals surface area (Å²) in [4.78, 5) is 4.36. The first-order valence-electron chi connectivity index (χ1n) is 3.07. The van der Waals surface area contributed by atoms with E-state index >= 15 is 0 Å². The van der Waals surface area contributed by atoms with E-state index in [2.05, 4.69) is 60.3 Å². The van der Waals surface area contributed by atoms with Crippen LogP contribution in [0.2, 0.25) is 0 Å². The maximum absolute atomic E-state index is 2.68. The average molecular weight is 227 g/mol. The molecule has 0 bridgehead atoms. The van der Waals surface area contributed by atoms with Gasteiger partial charge in [-0.05, 0) is 0 Å². The molecular formula is C6H16N2SSe. The Morgan fingerprint density at radius 1 is 1.10 bits per heavy atom. The number of rotatable bonds is 3. The van der Waals surface area contributed by atoms with Crippen LogP contribution in [0.1, 0.15) is 0 Å². The molecule has 0 fully saturated rings. The topological polar surface area (TPSA) is 6.48 Å². The van der Waals surface area contributed by atoms with Gasteiger partial charge in [0, 0.05) is 0 Å². The molecule has 0 aliphatic carbocycles. The Morgan fingerprint density at radius 3 is 1.40 bits per heavy atom. The van der Waals surface area contributed by atoms with Crippen LogP contribution in [0.25, 0.3) is 0 Å². The Bertz CT molecular complexity index is 97.9. The van der Waals surface area contributed by atoms with Crippen molar-refractivity contribution in [3.63, 3.8) is 0 Å². The Hall–Kier alpha value is 0.789. The summed E-state index contributed by atoms with van der Waals surface area (Å²) in [6, 6.07) is 0. The van der Waals surface area contributed by atoms with Crippen molar-refractivity contribution in [3.05, 3.63) is 0 Å². The molecule has 62 valence electrons. The van der Waals surface area contributed by atoms with Crippen LogP contribution in [0.5, 0.6) is 0 Å². The van der Waals surface area contributed by atoms with E-state index < -0.39 is 0 Å². The van der Waals surface area contributed by atoms with Crippen molar-refractivity contribution in [3.8, 4) is 0 Å². The standard InChI is InChI=1S/C6H16N2SSe/c1-7(2)6(10,9-5)8(3)4/h10H,1-5H3. The van der Waals surface area contributed by atoms with Gasteiger partial charge in [0.05, 0.1) is 0 Å². The number of hydrogen-bond donors (Lipinski definition) is 0. The van der Waals surface area contributed by atoms with Gasteiger partial charge in [0.15, 0.2) is 0 Å². The minimum atomic E-state index is 0.0625. The summed E-state index contributed by atoms with van der Waals surface area (Å²) in [6.45, 7) is 0. The van der Waals surface area contributed by atoms with Gasteiger partial charge in [0.2, 0.25) is 0 Å². The summed E-state index contributed by atoms with van der Waals surface area (Å²) in [7, 11) is 8.31. The molecule has 0 radical (unpaired) electrons. The van der Waals surface area contributed by atoms with E-state index in [1.807, 2.05) is 11.8 Å². The van der Waals surface area contributed by atoms with Crippen molar-refractivity contribution < 1.29 is 0 Å². The second-order valence-corrected chi connectivity index (χ2v) is 5.51. The van der Waals surface area contributed by atoms with Crippen LogP contribution < -0.4 is 0 Å². The fourth-order valence-corrected chi connectivity index (χ4v) is 1.50. The van der Waals surface area contributed by atoms with Crippen molar-refractivity contribution in [2.75, 3.05) is 34.4 Å². The van der Waals surface area contributed by atoms with Crippen LogP contribution in [-0.2, 0) is 0 Å². The quantitative estimate of drug-likeness (QED) is 0.494. The molecule has 0 saturated heterocycles. The van der Waals surface area contributed by atoms with E-state index in [-0.39, 0.29) is 3.89 Å². The van der Waals surface area contributed by atoms with Crippen LogP contribution >= 0.6 is 11.8 Å². The van der Waals surface area contributed by atoms with Crippen molar-refractivity contribution in [2.24, 2.45) is 0 Å². The first kappa shape index (κ1) is 10.8. The summed E-state index contributed by atoms with van der Waals surface area (Å²) in [5, 5.41) is 0. The average Bonchev–Trinajstić information content (AvgIpc) is 1.85. The van der Waals surface area contributed by atoms with Gasteiger partial charge in [0.1, 0.15) is 0 Å². The summed E-state index contributed by atoms with van der Waals surface area (Å²) in [5.41, 5.74) is 0. The van der Waals surface area contributed by atoms with Gasteiger partial charge in [-0.25, -0.2) is 0 Å². The first-order chi connectivity index (χ1) is 4.45. The van der Waals surface area contributed by atoms with Gasteiger partial charge in [-0.3, -0.25) is 0 Å². The predicted octanol–water partition coefficient (Wildman–Crippen LogP) is -0.0153. The fraction of sp³-hybridized carbons (Fsp3) is 1.00. The maximum atomic E-state index is 2.68. The zero-order valence-electron chi connectivity index (χ0n) is 7.25. The summed E-state index contributed by atoms with van der Waals surface area (Å²) < 4.78 is 0.0625. The SMILES string of the molecule is CSC([SeH])(N(C)C)N(C)C. The van der Waals surface area contributed by atoms with Gasteiger partial charge in [0.25, 0.3) is 0 Å². The first-order valence-corrected chi connectivity index (χ1v) is 5.24. The van der Waals surface area contributed by atoms with Crippen LogP contribution in [0.4, 0.5) is 0 Å². The normalized spacial score (nSPS) is 13.2. The number of thioether (sulfide) groups is 1. The van der Waals surface area contributed by atoms with E-state index in [1.54, 1.807) is 0 Å². The molecule has 0 aromatic heterocycles. The van der Waals surface area contributed by atoms with E-state index in [0.29, 0.717) is 0 Å². The van der Waals surface area contributed by atoms with Crippen molar-refractivity contribution in [1.29, 1.82) is 0 Å². The molecule has 0 aliphatic rings. The third-order valence-corrected chi connectivity index (χ3v) is 5.54. The molecule has 0 heterocycles. The molecule has 0 aromatic rings. The van der Waals surface area contributed by atoms with Crippen LogP contribution in [0.15, 0.2) is 0 Å². The molecule has 0 aliphatic heterocycles. The zero-order valence-corrected chi connectivity index (χ0v) is 9.94. The van der Waals surface area contributed by atoms with E-state index in [4.69, 9.17) is 0 Å². The molecule has 0 saturated carbocycles. The van der Waals surface area contributed by atoms with Gasteiger partial charge < -0.3 is 0 Å². The Kier molecular flexibility index (Phi) is 4.29. The van der Waals surface area contributed by atoms with Gasteiger partial charge in [-0.15, -0.1) is 0 Å². The predicted molar refractivity (Wildman–Crippen MR) is 50.8 cm³/mol. The molecule has 0 unspecified atom stereocenters. The Morgan fingerprint density at radius 2 is 1.40 bits per heavy atom. The van der Waals surface area contributed by atoms with Gasteiger partial charge >= 0.3 is 75.9 Å². The second-order valence-electron chi connectivity index (χ2n) is 2.57. The van der Waals surface area contributed by atoms with E-state index in [1.165, 1.54) is 0 Å². The van der Waals surface area contributed by atoms with E-state index in [9.17, 15) is 0 Å². The molecule has 0 atom stereocenters. The second kappa shape index (κ2) is 3.98. The van der Waals surface area contributed by atoms with Crippen LogP contribution in [0.3, 0.4) is 0 Å².